The van der Waals surface area contributed by atoms with E-state index < -0.39 is 0 Å². The SMILES string of the molecule is CCOCCCCCOc1cccc(CNC(=O)c2ccc3ncsc3c2)c1. The average molecular weight is 399 g/mol. The second-order valence-electron chi connectivity index (χ2n) is 6.47. The van der Waals surface area contributed by atoms with Gasteiger partial charge < -0.3 is 14.8 Å². The minimum absolute atomic E-state index is 0.0871. The maximum Gasteiger partial charge on any atom is 0.251 e. The molecule has 28 heavy (non-hydrogen) atoms. The maximum atomic E-state index is 12.4. The van der Waals surface area contributed by atoms with Gasteiger partial charge in [-0.15, -0.1) is 11.3 Å². The molecule has 0 saturated heterocycles. The van der Waals surface area contributed by atoms with Gasteiger partial charge in [0.2, 0.25) is 0 Å². The van der Waals surface area contributed by atoms with Crippen LogP contribution in [0.5, 0.6) is 5.75 Å². The Bertz CT molecular complexity index is 894. The minimum atomic E-state index is -0.0871. The van der Waals surface area contributed by atoms with Crippen LogP contribution in [0.2, 0.25) is 0 Å². The monoisotopic (exact) mass is 398 g/mol. The lowest BCUT2D eigenvalue weighted by molar-refractivity contribution is 0.0951. The zero-order valence-corrected chi connectivity index (χ0v) is 17.0. The predicted molar refractivity (Wildman–Crippen MR) is 113 cm³/mol. The van der Waals surface area contributed by atoms with E-state index in [1.807, 2.05) is 49.4 Å². The van der Waals surface area contributed by atoms with Gasteiger partial charge in [0.1, 0.15) is 5.75 Å². The van der Waals surface area contributed by atoms with Crippen LogP contribution in [0.3, 0.4) is 0 Å². The van der Waals surface area contributed by atoms with Crippen molar-refractivity contribution in [3.05, 3.63) is 59.1 Å². The van der Waals surface area contributed by atoms with Gasteiger partial charge in [0.05, 0.1) is 22.3 Å². The molecular formula is C22H26N2O3S. The van der Waals surface area contributed by atoms with Crippen molar-refractivity contribution >= 4 is 27.5 Å². The number of carbonyl (C=O) groups is 1. The molecule has 3 rings (SSSR count). The standard InChI is InChI=1S/C22H26N2O3S/c1-2-26-11-4-3-5-12-27-19-8-6-7-17(13-19)15-23-22(25)18-9-10-20-21(14-18)28-16-24-20/h6-10,13-14,16H,2-5,11-12,15H2,1H3,(H,23,25). The molecule has 1 heterocycles. The van der Waals surface area contributed by atoms with E-state index in [9.17, 15) is 4.79 Å². The highest BCUT2D eigenvalue weighted by atomic mass is 32.1. The summed E-state index contributed by atoms with van der Waals surface area (Å²) >= 11 is 1.54. The first-order valence-corrected chi connectivity index (χ1v) is 10.5. The van der Waals surface area contributed by atoms with Gasteiger partial charge in [0.25, 0.3) is 5.91 Å². The van der Waals surface area contributed by atoms with E-state index in [1.54, 1.807) is 5.51 Å². The van der Waals surface area contributed by atoms with Gasteiger partial charge in [-0.3, -0.25) is 4.79 Å². The Kier molecular flexibility index (Phi) is 7.82. The van der Waals surface area contributed by atoms with E-state index >= 15 is 0 Å². The zero-order valence-electron chi connectivity index (χ0n) is 16.1. The van der Waals surface area contributed by atoms with E-state index in [1.165, 1.54) is 11.3 Å². The molecule has 1 aromatic heterocycles. The van der Waals surface area contributed by atoms with Crippen molar-refractivity contribution in [2.24, 2.45) is 0 Å². The predicted octanol–water partition coefficient (Wildman–Crippen LogP) is 4.81. The van der Waals surface area contributed by atoms with Gasteiger partial charge >= 0.3 is 0 Å². The van der Waals surface area contributed by atoms with Gasteiger partial charge in [-0.05, 0) is 62.1 Å². The average Bonchev–Trinajstić information content (AvgIpc) is 3.19. The van der Waals surface area contributed by atoms with E-state index in [4.69, 9.17) is 9.47 Å². The summed E-state index contributed by atoms with van der Waals surface area (Å²) in [7, 11) is 0. The molecule has 0 radical (unpaired) electrons. The van der Waals surface area contributed by atoms with Crippen molar-refractivity contribution in [3.8, 4) is 5.75 Å². The normalized spacial score (nSPS) is 10.9. The summed E-state index contributed by atoms with van der Waals surface area (Å²) in [5, 5.41) is 2.97. The van der Waals surface area contributed by atoms with Crippen molar-refractivity contribution in [1.82, 2.24) is 10.3 Å². The molecule has 0 aliphatic heterocycles. The third-order valence-corrected chi connectivity index (χ3v) is 5.14. The molecule has 0 unspecified atom stereocenters. The number of benzene rings is 2. The van der Waals surface area contributed by atoms with Gasteiger partial charge in [-0.2, -0.15) is 0 Å². The van der Waals surface area contributed by atoms with E-state index in [-0.39, 0.29) is 5.91 Å². The summed E-state index contributed by atoms with van der Waals surface area (Å²) in [4.78, 5) is 16.7. The lowest BCUT2D eigenvalue weighted by Crippen LogP contribution is -2.22. The van der Waals surface area contributed by atoms with E-state index in [0.717, 1.165) is 54.0 Å². The highest BCUT2D eigenvalue weighted by molar-refractivity contribution is 7.16. The van der Waals surface area contributed by atoms with Crippen LogP contribution in [0.25, 0.3) is 10.2 Å². The number of hydrogen-bond acceptors (Lipinski definition) is 5. The number of unbranched alkanes of at least 4 members (excludes halogenated alkanes) is 2. The Morgan fingerprint density at radius 3 is 2.89 bits per heavy atom. The molecule has 2 aromatic carbocycles. The number of hydrogen-bond donors (Lipinski definition) is 1. The summed E-state index contributed by atoms with van der Waals surface area (Å²) in [6.45, 7) is 4.77. The Hall–Kier alpha value is -2.44. The summed E-state index contributed by atoms with van der Waals surface area (Å²) in [5.74, 6) is 0.749. The molecule has 0 fully saturated rings. The summed E-state index contributed by atoms with van der Waals surface area (Å²) in [6, 6.07) is 13.4. The Balaban J connectivity index is 1.44. The van der Waals surface area contributed by atoms with E-state index in [0.29, 0.717) is 18.7 Å². The Morgan fingerprint density at radius 1 is 1.11 bits per heavy atom. The van der Waals surface area contributed by atoms with Crippen LogP contribution in [0.1, 0.15) is 42.1 Å². The molecule has 0 bridgehead atoms. The van der Waals surface area contributed by atoms with E-state index in [2.05, 4.69) is 10.3 Å². The molecule has 1 amide bonds. The molecule has 1 N–H and O–H groups in total. The van der Waals surface area contributed by atoms with Crippen LogP contribution in [-0.2, 0) is 11.3 Å². The second-order valence-corrected chi connectivity index (χ2v) is 7.36. The number of rotatable bonds is 11. The molecule has 0 spiro atoms. The fraction of sp³-hybridized carbons (Fsp3) is 0.364. The molecule has 3 aromatic rings. The van der Waals surface area contributed by atoms with Crippen LogP contribution in [-0.4, -0.2) is 30.7 Å². The first kappa shape index (κ1) is 20.3. The third kappa shape index (κ3) is 6.04. The largest absolute Gasteiger partial charge is 0.494 e. The number of nitrogens with zero attached hydrogens (tertiary/aromatic N) is 1. The van der Waals surface area contributed by atoms with Gasteiger partial charge in [0.15, 0.2) is 0 Å². The second kappa shape index (κ2) is 10.8. The Morgan fingerprint density at radius 2 is 2.00 bits per heavy atom. The van der Waals surface area contributed by atoms with Gasteiger partial charge in [0, 0.05) is 25.3 Å². The van der Waals surface area contributed by atoms with Crippen LogP contribution < -0.4 is 10.1 Å². The number of aromatic nitrogens is 1. The molecule has 0 atom stereocenters. The fourth-order valence-electron chi connectivity index (χ4n) is 2.84. The van der Waals surface area contributed by atoms with Crippen molar-refractivity contribution in [2.45, 2.75) is 32.7 Å². The quantitative estimate of drug-likeness (QED) is 0.471. The molecule has 148 valence electrons. The van der Waals surface area contributed by atoms with Crippen LogP contribution in [0.15, 0.2) is 48.0 Å². The number of carbonyl (C=O) groups excluding carboxylic acids is 1. The van der Waals surface area contributed by atoms with Gasteiger partial charge in [-0.25, -0.2) is 4.98 Å². The third-order valence-electron chi connectivity index (χ3n) is 4.35. The van der Waals surface area contributed by atoms with Crippen molar-refractivity contribution in [2.75, 3.05) is 19.8 Å². The van der Waals surface area contributed by atoms with Crippen molar-refractivity contribution < 1.29 is 14.3 Å². The summed E-state index contributed by atoms with van der Waals surface area (Å²) in [5.41, 5.74) is 4.37. The molecule has 5 nitrogen and oxygen atoms in total. The van der Waals surface area contributed by atoms with Crippen LogP contribution in [0.4, 0.5) is 0 Å². The first-order valence-electron chi connectivity index (χ1n) is 9.67. The lowest BCUT2D eigenvalue weighted by atomic mass is 10.2. The highest BCUT2D eigenvalue weighted by Gasteiger charge is 2.08. The molecule has 0 saturated carbocycles. The van der Waals surface area contributed by atoms with Gasteiger partial charge in [-0.1, -0.05) is 12.1 Å². The minimum Gasteiger partial charge on any atom is -0.494 e. The number of thiazole rings is 1. The summed E-state index contributed by atoms with van der Waals surface area (Å²) in [6.07, 6.45) is 3.17. The zero-order chi connectivity index (χ0) is 19.6. The van der Waals surface area contributed by atoms with Crippen LogP contribution in [0, 0.1) is 0 Å². The number of nitrogens with one attached hydrogen (secondary N) is 1. The topological polar surface area (TPSA) is 60.5 Å². The molecule has 0 aliphatic carbocycles. The maximum absolute atomic E-state index is 12.4. The number of ether oxygens (including phenoxy) is 2. The molecule has 0 aliphatic rings. The van der Waals surface area contributed by atoms with Crippen molar-refractivity contribution in [1.29, 1.82) is 0 Å². The van der Waals surface area contributed by atoms with Crippen molar-refractivity contribution in [3.63, 3.8) is 0 Å². The summed E-state index contributed by atoms with van der Waals surface area (Å²) < 4.78 is 12.2. The highest BCUT2D eigenvalue weighted by Crippen LogP contribution is 2.19. The lowest BCUT2D eigenvalue weighted by Gasteiger charge is -2.09. The Labute approximate surface area is 169 Å². The number of fused-ring (bicyclic) bond motifs is 1. The number of amides is 1. The molecule has 6 heteroatoms. The van der Waals surface area contributed by atoms with Crippen LogP contribution >= 0.6 is 11.3 Å². The first-order chi connectivity index (χ1) is 13.8. The fourth-order valence-corrected chi connectivity index (χ4v) is 3.56. The molecular weight excluding hydrogens is 372 g/mol. The smallest absolute Gasteiger partial charge is 0.251 e.